The molecule has 4 aromatic carbocycles. The lowest BCUT2D eigenvalue weighted by molar-refractivity contribution is -0.139. The maximum Gasteiger partial charge on any atom is 0.407 e. The number of H-pyrrole nitrogens is 2. The monoisotopic (exact) mass is 824 g/mol. The van der Waals surface area contributed by atoms with E-state index in [1.165, 1.54) is 7.11 Å². The number of alkyl carbamates (subject to hydrolysis) is 1. The topological polar surface area (TPSA) is 195 Å². The average Bonchev–Trinajstić information content (AvgIpc) is 4.13. The number of aliphatic hydroxyl groups excluding tert-OH is 1. The lowest BCUT2D eigenvalue weighted by Crippen LogP contribution is -2.51. The van der Waals surface area contributed by atoms with E-state index in [-0.39, 0.29) is 29.8 Å². The Kier molecular flexibility index (Phi) is 10.7. The fraction of sp³-hybridized carbons (Fsp3) is 0.348. The number of aromatic amines is 2. The van der Waals surface area contributed by atoms with Crippen molar-refractivity contribution in [1.82, 2.24) is 40.4 Å². The third-order valence-electron chi connectivity index (χ3n) is 12.2. The van der Waals surface area contributed by atoms with Crippen LogP contribution < -0.4 is 15.4 Å². The van der Waals surface area contributed by atoms with E-state index in [4.69, 9.17) is 19.4 Å². The summed E-state index contributed by atoms with van der Waals surface area (Å²) >= 11 is 0. The first-order valence-electron chi connectivity index (χ1n) is 20.8. The summed E-state index contributed by atoms with van der Waals surface area (Å²) in [5.41, 5.74) is 7.16. The summed E-state index contributed by atoms with van der Waals surface area (Å²) in [6, 6.07) is 21.5. The van der Waals surface area contributed by atoms with E-state index in [9.17, 15) is 24.3 Å². The van der Waals surface area contributed by atoms with Gasteiger partial charge in [0.15, 0.2) is 0 Å². The Morgan fingerprint density at radius 1 is 0.885 bits per heavy atom. The van der Waals surface area contributed by atoms with Gasteiger partial charge in [-0.2, -0.15) is 0 Å². The lowest BCUT2D eigenvalue weighted by atomic mass is 9.92. The molecule has 3 aliphatic rings. The molecule has 0 radical (unpaired) electrons. The van der Waals surface area contributed by atoms with Crippen molar-refractivity contribution in [3.05, 3.63) is 102 Å². The molecule has 2 aromatic heterocycles. The van der Waals surface area contributed by atoms with Gasteiger partial charge in [-0.15, -0.1) is 0 Å². The maximum absolute atomic E-state index is 14.0. The number of nitrogens with one attached hydrogen (secondary N) is 4. The molecule has 61 heavy (non-hydrogen) atoms. The number of hydrogen-bond acceptors (Lipinski definition) is 9. The van der Waals surface area contributed by atoms with E-state index >= 15 is 0 Å². The number of aliphatic hydroxyl groups is 1. The van der Waals surface area contributed by atoms with E-state index in [2.05, 4.69) is 50.9 Å². The molecular weight excluding hydrogens is 777 g/mol. The second-order valence-corrected chi connectivity index (χ2v) is 16.3. The highest BCUT2D eigenvalue weighted by Gasteiger charge is 2.39. The van der Waals surface area contributed by atoms with Crippen LogP contribution in [0.15, 0.2) is 79.0 Å². The summed E-state index contributed by atoms with van der Waals surface area (Å²) in [6.07, 6.45) is 4.21. The van der Waals surface area contributed by atoms with Crippen LogP contribution in [0.4, 0.5) is 4.79 Å². The Morgan fingerprint density at radius 3 is 2.38 bits per heavy atom. The zero-order valence-electron chi connectivity index (χ0n) is 34.2. The Balaban J connectivity index is 0.954. The van der Waals surface area contributed by atoms with Crippen LogP contribution in [-0.4, -0.2) is 91.5 Å². The number of aromatic nitrogens is 4. The highest BCUT2D eigenvalue weighted by atomic mass is 16.5. The number of methoxy groups -OCH3 is 1. The van der Waals surface area contributed by atoms with Crippen LogP contribution >= 0.6 is 0 Å². The summed E-state index contributed by atoms with van der Waals surface area (Å²) in [7, 11) is 1.28. The normalized spacial score (nSPS) is 18.1. The lowest BCUT2D eigenvalue weighted by Gasteiger charge is -2.30. The number of ether oxygens (including phenoxy) is 2. The van der Waals surface area contributed by atoms with Gasteiger partial charge in [-0.25, -0.2) is 14.8 Å². The maximum atomic E-state index is 14.0. The molecule has 15 nitrogen and oxygen atoms in total. The third-order valence-corrected chi connectivity index (χ3v) is 12.2. The smallest absolute Gasteiger partial charge is 0.407 e. The van der Waals surface area contributed by atoms with Crippen LogP contribution in [-0.2, 0) is 25.7 Å². The fourth-order valence-corrected chi connectivity index (χ4v) is 9.10. The molecule has 4 amide bonds. The molecule has 6 aromatic rings. The molecule has 2 saturated heterocycles. The molecule has 0 bridgehead atoms. The van der Waals surface area contributed by atoms with E-state index in [0.29, 0.717) is 36.9 Å². The SMILES string of the molecule is COC(=O)N[C@@H](C(=O)N1CCC[C@H]1c1ncc(-c2ccc3c(c2)COc2cc4c(ccc5[nH]c([C@@H]6CCCN6C(=O)[C@@H](NC(=O)CO)C(C)C)nc54)cc2-3)[nH]1)c1ccccc1. The summed E-state index contributed by atoms with van der Waals surface area (Å²) in [6.45, 7) is 4.54. The van der Waals surface area contributed by atoms with Crippen molar-refractivity contribution in [3.8, 4) is 28.1 Å². The van der Waals surface area contributed by atoms with Crippen molar-refractivity contribution in [2.75, 3.05) is 26.8 Å². The van der Waals surface area contributed by atoms with Crippen LogP contribution in [0.5, 0.6) is 5.75 Å². The molecule has 3 aliphatic heterocycles. The van der Waals surface area contributed by atoms with Crippen LogP contribution in [0.25, 0.3) is 44.2 Å². The van der Waals surface area contributed by atoms with E-state index < -0.39 is 30.7 Å². The highest BCUT2D eigenvalue weighted by molar-refractivity contribution is 6.07. The highest BCUT2D eigenvalue weighted by Crippen LogP contribution is 2.43. The number of rotatable bonds is 10. The zero-order valence-corrected chi connectivity index (χ0v) is 34.2. The molecule has 0 spiro atoms. The predicted octanol–water partition coefficient (Wildman–Crippen LogP) is 6.22. The standard InChI is InChI=1S/C46H48N8O7/c1-25(2)39(50-38(56)23-55)44(57)54-18-8-12-36(54)43-48-33-16-14-27-20-32-30-15-13-28(19-29(30)24-61-37(32)21-31(27)41(33)51-43)34-22-47-42(49-34)35-11-7-17-53(35)45(58)40(52-46(59)60-3)26-9-5-4-6-10-26/h4-6,9-10,13-16,19-22,25,35-36,39-40,55H,7-8,11-12,17-18,23-24H2,1-3H3,(H,47,49)(H,48,51)(H,50,56)(H,52,59)/t35-,36-,39-,40+/m0/s1. The largest absolute Gasteiger partial charge is 0.488 e. The van der Waals surface area contributed by atoms with E-state index in [1.54, 1.807) is 16.0 Å². The van der Waals surface area contributed by atoms with Crippen LogP contribution in [0.2, 0.25) is 0 Å². The summed E-state index contributed by atoms with van der Waals surface area (Å²) < 4.78 is 11.3. The van der Waals surface area contributed by atoms with Gasteiger partial charge in [0.1, 0.15) is 42.7 Å². The summed E-state index contributed by atoms with van der Waals surface area (Å²) in [4.78, 5) is 72.4. The number of hydrogen-bond donors (Lipinski definition) is 5. The van der Waals surface area contributed by atoms with Gasteiger partial charge in [0.2, 0.25) is 11.8 Å². The first kappa shape index (κ1) is 39.7. The molecule has 5 N–H and O–H groups in total. The minimum Gasteiger partial charge on any atom is -0.488 e. The first-order chi connectivity index (χ1) is 29.6. The Hall–Kier alpha value is -6.74. The molecule has 4 atom stereocenters. The minimum atomic E-state index is -0.897. The number of nitrogens with zero attached hydrogens (tertiary/aromatic N) is 4. The van der Waals surface area contributed by atoms with Crippen molar-refractivity contribution in [2.45, 2.75) is 70.3 Å². The number of carbonyl (C=O) groups excluding carboxylic acids is 4. The van der Waals surface area contributed by atoms with Gasteiger partial charge in [-0.1, -0.05) is 62.4 Å². The molecule has 15 heteroatoms. The number of fused-ring (bicyclic) bond motifs is 6. The van der Waals surface area contributed by atoms with Crippen molar-refractivity contribution < 1.29 is 33.8 Å². The molecule has 0 unspecified atom stereocenters. The van der Waals surface area contributed by atoms with Crippen molar-refractivity contribution in [3.63, 3.8) is 0 Å². The van der Waals surface area contributed by atoms with E-state index in [1.807, 2.05) is 56.3 Å². The summed E-state index contributed by atoms with van der Waals surface area (Å²) in [5.74, 6) is 0.996. The zero-order chi connectivity index (χ0) is 42.4. The van der Waals surface area contributed by atoms with Crippen LogP contribution in [0, 0.1) is 5.92 Å². The quantitative estimate of drug-likeness (QED) is 0.107. The predicted molar refractivity (Wildman–Crippen MR) is 227 cm³/mol. The Morgan fingerprint density at radius 2 is 1.64 bits per heavy atom. The molecular formula is C46H48N8O7. The van der Waals surface area contributed by atoms with Crippen molar-refractivity contribution in [1.29, 1.82) is 0 Å². The van der Waals surface area contributed by atoms with Crippen LogP contribution in [0.1, 0.15) is 80.4 Å². The van der Waals surface area contributed by atoms with Gasteiger partial charge in [0.05, 0.1) is 42.1 Å². The van der Waals surface area contributed by atoms with Crippen molar-refractivity contribution in [2.24, 2.45) is 5.92 Å². The molecule has 5 heterocycles. The molecule has 0 saturated carbocycles. The van der Waals surface area contributed by atoms with Gasteiger partial charge in [0.25, 0.3) is 5.91 Å². The Labute approximate surface area is 351 Å². The second-order valence-electron chi connectivity index (χ2n) is 16.3. The number of likely N-dealkylation sites (tertiary alicyclic amines) is 2. The van der Waals surface area contributed by atoms with Gasteiger partial charge >= 0.3 is 6.09 Å². The second kappa shape index (κ2) is 16.4. The van der Waals surface area contributed by atoms with Gasteiger partial charge < -0.3 is 45.0 Å². The fourth-order valence-electron chi connectivity index (χ4n) is 9.10. The van der Waals surface area contributed by atoms with Crippen molar-refractivity contribution >= 4 is 45.6 Å². The molecule has 0 aliphatic carbocycles. The van der Waals surface area contributed by atoms with Gasteiger partial charge in [0, 0.05) is 24.0 Å². The molecule has 2 fully saturated rings. The summed E-state index contributed by atoms with van der Waals surface area (Å²) in [5, 5.41) is 16.7. The minimum absolute atomic E-state index is 0.157. The molecule has 314 valence electrons. The third kappa shape index (κ3) is 7.43. The van der Waals surface area contributed by atoms with Gasteiger partial charge in [-0.3, -0.25) is 14.4 Å². The van der Waals surface area contributed by atoms with Gasteiger partial charge in [-0.05, 0) is 83.5 Å². The number of benzene rings is 4. The van der Waals surface area contributed by atoms with Crippen LogP contribution in [0.3, 0.4) is 0 Å². The van der Waals surface area contributed by atoms with E-state index in [0.717, 1.165) is 81.2 Å². The Bertz CT molecular complexity index is 2660. The average molecular weight is 825 g/mol. The number of amides is 4. The number of carbonyl (C=O) groups is 4. The molecule has 9 rings (SSSR count). The first-order valence-corrected chi connectivity index (χ1v) is 20.8. The number of imidazole rings is 2.